The first kappa shape index (κ1) is 19.1. The summed E-state index contributed by atoms with van der Waals surface area (Å²) in [7, 11) is 1.68. The number of thioether (sulfide) groups is 1. The molecule has 0 aliphatic rings. The van der Waals surface area contributed by atoms with E-state index in [1.165, 1.54) is 4.90 Å². The van der Waals surface area contributed by atoms with Crippen LogP contribution in [-0.2, 0) is 4.79 Å². The van der Waals surface area contributed by atoms with Gasteiger partial charge < -0.3 is 4.90 Å². The summed E-state index contributed by atoms with van der Waals surface area (Å²) in [5, 5.41) is 4.48. The van der Waals surface area contributed by atoms with Gasteiger partial charge in [-0.05, 0) is 18.2 Å². The van der Waals surface area contributed by atoms with E-state index in [1.54, 1.807) is 54.2 Å². The molecule has 2 heterocycles. The molecule has 2 aromatic rings. The maximum absolute atomic E-state index is 12.3. The highest BCUT2D eigenvalue weighted by molar-refractivity contribution is 7.99. The van der Waals surface area contributed by atoms with Gasteiger partial charge in [0.1, 0.15) is 10.2 Å². The van der Waals surface area contributed by atoms with Crippen molar-refractivity contribution in [1.29, 1.82) is 0 Å². The molecule has 0 aliphatic carbocycles. The largest absolute Gasteiger partial charge is 0.311 e. The van der Waals surface area contributed by atoms with Gasteiger partial charge in [-0.3, -0.25) is 9.78 Å². The number of anilines is 1. The molecule has 128 valence electrons. The van der Waals surface area contributed by atoms with Gasteiger partial charge in [0.2, 0.25) is 5.91 Å². The smallest absolute Gasteiger partial charge is 0.227 e. The van der Waals surface area contributed by atoms with Gasteiger partial charge in [-0.2, -0.15) is 16.9 Å². The first-order valence-electron chi connectivity index (χ1n) is 7.00. The van der Waals surface area contributed by atoms with Crippen LogP contribution in [0.1, 0.15) is 6.42 Å². The van der Waals surface area contributed by atoms with E-state index in [-0.39, 0.29) is 15.6 Å². The molecule has 2 aromatic heterocycles. The van der Waals surface area contributed by atoms with Crippen molar-refractivity contribution in [1.82, 2.24) is 14.8 Å². The van der Waals surface area contributed by atoms with E-state index in [0.29, 0.717) is 23.6 Å². The topological polar surface area (TPSA) is 51.0 Å². The first-order chi connectivity index (χ1) is 11.5. The molecule has 0 N–H and O–H groups in total. The maximum atomic E-state index is 12.3. The minimum absolute atomic E-state index is 0.0453. The Labute approximate surface area is 159 Å². The molecule has 24 heavy (non-hydrogen) atoms. The van der Waals surface area contributed by atoms with Crippen molar-refractivity contribution in [3.8, 4) is 5.69 Å². The molecule has 2 rings (SSSR count). The van der Waals surface area contributed by atoms with Crippen molar-refractivity contribution in [2.75, 3.05) is 23.5 Å². The van der Waals surface area contributed by atoms with Gasteiger partial charge in [-0.25, -0.2) is 4.68 Å². The molecule has 0 fully saturated rings. The molecule has 0 aromatic carbocycles. The van der Waals surface area contributed by atoms with Crippen LogP contribution in [0.2, 0.25) is 5.15 Å². The molecular weight excluding hydrogens is 391 g/mol. The number of rotatable bonds is 7. The Hall–Kier alpha value is -1.21. The van der Waals surface area contributed by atoms with E-state index in [2.05, 4.69) is 10.1 Å². The summed E-state index contributed by atoms with van der Waals surface area (Å²) in [6.45, 7) is 0. The van der Waals surface area contributed by atoms with Crippen LogP contribution in [-0.4, -0.2) is 39.2 Å². The van der Waals surface area contributed by atoms with Gasteiger partial charge in [0.05, 0.1) is 18.1 Å². The normalized spacial score (nSPS) is 10.5. The van der Waals surface area contributed by atoms with Crippen molar-refractivity contribution in [2.24, 2.45) is 0 Å². The lowest BCUT2D eigenvalue weighted by Crippen LogP contribution is -2.26. The lowest BCUT2D eigenvalue weighted by Gasteiger charge is -2.15. The molecule has 9 heteroatoms. The summed E-state index contributed by atoms with van der Waals surface area (Å²) in [6.07, 6.45) is 7.12. The van der Waals surface area contributed by atoms with Gasteiger partial charge in [0.25, 0.3) is 0 Å². The van der Waals surface area contributed by atoms with Gasteiger partial charge in [-0.1, -0.05) is 34.8 Å². The number of aromatic nitrogens is 3. The molecule has 0 atom stereocenters. The first-order valence-corrected chi connectivity index (χ1v) is 9.29. The number of pyridine rings is 1. The molecule has 1 amide bonds. The van der Waals surface area contributed by atoms with Crippen LogP contribution in [0.4, 0.5) is 5.69 Å². The van der Waals surface area contributed by atoms with Crippen molar-refractivity contribution < 1.29 is 4.79 Å². The van der Waals surface area contributed by atoms with Crippen LogP contribution in [0.3, 0.4) is 0 Å². The number of hydrogen-bond acceptors (Lipinski definition) is 4. The summed E-state index contributed by atoms with van der Waals surface area (Å²) >= 11 is 18.8. The Balaban J connectivity index is 1.97. The quantitative estimate of drug-likeness (QED) is 0.644. The van der Waals surface area contributed by atoms with Crippen LogP contribution in [0.15, 0.2) is 41.3 Å². The molecule has 0 aliphatic heterocycles. The van der Waals surface area contributed by atoms with Crippen LogP contribution >= 0.6 is 46.6 Å². The van der Waals surface area contributed by atoms with Crippen molar-refractivity contribution >= 4 is 58.2 Å². The van der Waals surface area contributed by atoms with Crippen LogP contribution in [0.5, 0.6) is 0 Å². The van der Waals surface area contributed by atoms with Gasteiger partial charge in [0.15, 0.2) is 5.15 Å². The number of carbonyl (C=O) groups excluding carboxylic acids is 1. The predicted octanol–water partition coefficient (Wildman–Crippen LogP) is 4.33. The number of hydrogen-bond donors (Lipinski definition) is 0. The Morgan fingerprint density at radius 2 is 2.25 bits per heavy atom. The molecular formula is C15H15Cl3N4OS. The zero-order chi connectivity index (χ0) is 17.5. The van der Waals surface area contributed by atoms with Crippen LogP contribution < -0.4 is 4.90 Å². The monoisotopic (exact) mass is 404 g/mol. The predicted molar refractivity (Wildman–Crippen MR) is 102 cm³/mol. The second-order valence-corrected chi connectivity index (χ2v) is 7.25. The third-order valence-electron chi connectivity index (χ3n) is 3.11. The van der Waals surface area contributed by atoms with E-state index in [0.717, 1.165) is 5.69 Å². The highest BCUT2D eigenvalue weighted by Crippen LogP contribution is 2.25. The Morgan fingerprint density at radius 3 is 2.92 bits per heavy atom. The van der Waals surface area contributed by atoms with Gasteiger partial charge in [-0.15, -0.1) is 0 Å². The molecule has 0 radical (unpaired) electrons. The molecule has 0 saturated carbocycles. The highest BCUT2D eigenvalue weighted by Gasteiger charge is 2.17. The zero-order valence-electron chi connectivity index (χ0n) is 12.8. The standard InChI is InChI=1S/C15H15Cl3N4OS/c1-21(14(23)5-8-24-7-4-13(16)17)12-10-22(20-15(12)18)11-3-2-6-19-9-11/h2-4,6,9-10H,5,7-8H2,1H3. The second-order valence-electron chi connectivity index (χ2n) is 4.73. The Morgan fingerprint density at radius 1 is 1.46 bits per heavy atom. The third-order valence-corrected chi connectivity index (χ3v) is 4.59. The summed E-state index contributed by atoms with van der Waals surface area (Å²) in [5.41, 5.74) is 1.33. The van der Waals surface area contributed by atoms with E-state index >= 15 is 0 Å². The highest BCUT2D eigenvalue weighted by atomic mass is 35.5. The molecule has 0 bridgehead atoms. The van der Waals surface area contributed by atoms with Crippen LogP contribution in [0.25, 0.3) is 5.69 Å². The summed E-state index contributed by atoms with van der Waals surface area (Å²) in [6, 6.07) is 3.66. The summed E-state index contributed by atoms with van der Waals surface area (Å²) < 4.78 is 1.83. The zero-order valence-corrected chi connectivity index (χ0v) is 15.9. The fraction of sp³-hybridized carbons (Fsp3) is 0.267. The lowest BCUT2D eigenvalue weighted by molar-refractivity contribution is -0.117. The molecule has 0 unspecified atom stereocenters. The minimum atomic E-state index is -0.0453. The molecule has 5 nitrogen and oxygen atoms in total. The van der Waals surface area contributed by atoms with Gasteiger partial charge >= 0.3 is 0 Å². The van der Waals surface area contributed by atoms with Gasteiger partial charge in [0, 0.05) is 31.2 Å². The maximum Gasteiger partial charge on any atom is 0.227 e. The van der Waals surface area contributed by atoms with Crippen molar-refractivity contribution in [3.63, 3.8) is 0 Å². The summed E-state index contributed by atoms with van der Waals surface area (Å²) in [5.74, 6) is 1.28. The Kier molecular flexibility index (Phi) is 7.42. The number of amides is 1. The average molecular weight is 406 g/mol. The molecule has 0 spiro atoms. The number of nitrogens with zero attached hydrogens (tertiary/aromatic N) is 4. The van der Waals surface area contributed by atoms with Crippen molar-refractivity contribution in [2.45, 2.75) is 6.42 Å². The lowest BCUT2D eigenvalue weighted by atomic mass is 10.4. The Bertz CT molecular complexity index is 717. The number of halogens is 3. The second kappa shape index (κ2) is 9.32. The van der Waals surface area contributed by atoms with E-state index in [4.69, 9.17) is 34.8 Å². The van der Waals surface area contributed by atoms with Crippen LogP contribution in [0, 0.1) is 0 Å². The SMILES string of the molecule is CN(C(=O)CCSCC=C(Cl)Cl)c1cn(-c2cccnc2)nc1Cl. The van der Waals surface area contributed by atoms with E-state index in [1.807, 2.05) is 6.07 Å². The third kappa shape index (κ3) is 5.41. The average Bonchev–Trinajstić information content (AvgIpc) is 2.96. The minimum Gasteiger partial charge on any atom is -0.311 e. The number of carbonyl (C=O) groups is 1. The molecule has 0 saturated heterocycles. The van der Waals surface area contributed by atoms with E-state index in [9.17, 15) is 4.79 Å². The summed E-state index contributed by atoms with van der Waals surface area (Å²) in [4.78, 5) is 17.8. The van der Waals surface area contributed by atoms with Crippen molar-refractivity contribution in [3.05, 3.63) is 46.4 Å². The van der Waals surface area contributed by atoms with E-state index < -0.39 is 0 Å². The fourth-order valence-corrected chi connectivity index (χ4v) is 3.22. The fourth-order valence-electron chi connectivity index (χ4n) is 1.86.